The SMILES string of the molecule is C=C(C)C(=O)OCC[N+](C)(C)OS(=O)(=O)CCC. The predicted molar refractivity (Wildman–Crippen MR) is 67.9 cm³/mol. The normalized spacial score (nSPS) is 12.2. The summed E-state index contributed by atoms with van der Waals surface area (Å²) in [4.78, 5) is 11.1. The molecule has 0 aliphatic rings. The monoisotopic (exact) mass is 280 g/mol. The minimum Gasteiger partial charge on any atom is -0.456 e. The highest BCUT2D eigenvalue weighted by molar-refractivity contribution is 7.86. The Morgan fingerprint density at radius 1 is 1.33 bits per heavy atom. The molecule has 18 heavy (non-hydrogen) atoms. The molecule has 0 N–H and O–H groups in total. The summed E-state index contributed by atoms with van der Waals surface area (Å²) in [6, 6.07) is 0. The standard InChI is InChI=1S/C11H22NO5S/c1-6-9-18(14,15)17-12(4,5)7-8-16-11(13)10(2)3/h2,6-9H2,1,3-5H3/q+1. The topological polar surface area (TPSA) is 69.7 Å². The Bertz CT molecular complexity index is 400. The van der Waals surface area contributed by atoms with Gasteiger partial charge >= 0.3 is 16.1 Å². The number of esters is 1. The Morgan fingerprint density at radius 2 is 1.89 bits per heavy atom. The number of quaternary nitrogens is 1. The summed E-state index contributed by atoms with van der Waals surface area (Å²) in [6.07, 6.45) is 0.493. The van der Waals surface area contributed by atoms with Crippen molar-refractivity contribution in [3.05, 3.63) is 12.2 Å². The Labute approximate surface area is 109 Å². The van der Waals surface area contributed by atoms with Gasteiger partial charge in [-0.3, -0.25) is 0 Å². The van der Waals surface area contributed by atoms with Gasteiger partial charge in [0, 0.05) is 5.57 Å². The molecule has 0 saturated carbocycles. The molecule has 0 rings (SSSR count). The smallest absolute Gasteiger partial charge is 0.333 e. The Hall–Kier alpha value is -0.920. The van der Waals surface area contributed by atoms with Crippen LogP contribution in [0.2, 0.25) is 0 Å². The molecule has 0 aromatic carbocycles. The van der Waals surface area contributed by atoms with Crippen molar-refractivity contribution in [1.29, 1.82) is 0 Å². The second kappa shape index (κ2) is 6.86. The van der Waals surface area contributed by atoms with E-state index in [4.69, 9.17) is 9.02 Å². The van der Waals surface area contributed by atoms with E-state index in [0.717, 1.165) is 0 Å². The summed E-state index contributed by atoms with van der Waals surface area (Å²) >= 11 is 0. The number of likely N-dealkylation sites (N-methyl/N-ethyl adjacent to an activating group) is 1. The lowest BCUT2D eigenvalue weighted by Gasteiger charge is -2.25. The van der Waals surface area contributed by atoms with Gasteiger partial charge in [-0.15, -0.1) is 0 Å². The summed E-state index contributed by atoms with van der Waals surface area (Å²) in [5, 5.41) is 0. The number of rotatable bonds is 8. The van der Waals surface area contributed by atoms with Gasteiger partial charge in [0.15, 0.2) is 0 Å². The first-order valence-corrected chi connectivity index (χ1v) is 7.27. The molecule has 7 heteroatoms. The molecule has 0 radical (unpaired) electrons. The largest absolute Gasteiger partial charge is 0.456 e. The van der Waals surface area contributed by atoms with Crippen LogP contribution in [0, 0.1) is 0 Å². The van der Waals surface area contributed by atoms with Crippen molar-refractivity contribution < 1.29 is 26.9 Å². The average molecular weight is 280 g/mol. The number of hydrogen-bond donors (Lipinski definition) is 0. The van der Waals surface area contributed by atoms with Gasteiger partial charge in [0.1, 0.15) is 13.2 Å². The van der Waals surface area contributed by atoms with Gasteiger partial charge in [0.2, 0.25) is 0 Å². The quantitative estimate of drug-likeness (QED) is 0.285. The highest BCUT2D eigenvalue weighted by Crippen LogP contribution is 2.07. The van der Waals surface area contributed by atoms with Crippen molar-refractivity contribution in [2.45, 2.75) is 20.3 Å². The van der Waals surface area contributed by atoms with Gasteiger partial charge in [-0.2, -0.15) is 13.1 Å². The molecule has 0 aliphatic carbocycles. The fourth-order valence-corrected chi connectivity index (χ4v) is 2.38. The zero-order valence-corrected chi connectivity index (χ0v) is 12.2. The van der Waals surface area contributed by atoms with Crippen molar-refractivity contribution in [3.63, 3.8) is 0 Å². The molecular weight excluding hydrogens is 258 g/mol. The molecule has 0 spiro atoms. The van der Waals surface area contributed by atoms with Gasteiger partial charge in [0.25, 0.3) is 0 Å². The van der Waals surface area contributed by atoms with E-state index in [2.05, 4.69) is 6.58 Å². The van der Waals surface area contributed by atoms with Crippen LogP contribution in [0.3, 0.4) is 0 Å². The van der Waals surface area contributed by atoms with Crippen LogP contribution in [0.4, 0.5) is 0 Å². The van der Waals surface area contributed by atoms with E-state index < -0.39 is 16.1 Å². The lowest BCUT2D eigenvalue weighted by Crippen LogP contribution is -2.44. The minimum absolute atomic E-state index is 0.0275. The Kier molecular flexibility index (Phi) is 6.51. The molecule has 0 saturated heterocycles. The van der Waals surface area contributed by atoms with Crippen LogP contribution >= 0.6 is 0 Å². The molecule has 0 unspecified atom stereocenters. The van der Waals surface area contributed by atoms with Crippen LogP contribution in [0.15, 0.2) is 12.2 Å². The Balaban J connectivity index is 4.24. The molecule has 106 valence electrons. The number of hydroxylamine groups is 3. The van der Waals surface area contributed by atoms with Crippen LogP contribution in [0.25, 0.3) is 0 Å². The number of nitrogens with zero attached hydrogens (tertiary/aromatic N) is 1. The van der Waals surface area contributed by atoms with Crippen LogP contribution in [0.1, 0.15) is 20.3 Å². The van der Waals surface area contributed by atoms with Crippen molar-refractivity contribution >= 4 is 16.1 Å². The summed E-state index contributed by atoms with van der Waals surface area (Å²) in [7, 11) is -0.372. The highest BCUT2D eigenvalue weighted by Gasteiger charge is 2.26. The van der Waals surface area contributed by atoms with E-state index in [1.807, 2.05) is 0 Å². The molecule has 0 atom stereocenters. The zero-order valence-electron chi connectivity index (χ0n) is 11.4. The summed E-state index contributed by atoms with van der Waals surface area (Å²) in [5.41, 5.74) is 0.305. The van der Waals surface area contributed by atoms with Gasteiger partial charge in [-0.25, -0.2) is 4.79 Å². The molecule has 0 aromatic rings. The number of ether oxygens (including phenoxy) is 1. The third kappa shape index (κ3) is 7.41. The van der Waals surface area contributed by atoms with Gasteiger partial charge in [0.05, 0.1) is 19.8 Å². The second-order valence-electron chi connectivity index (χ2n) is 4.55. The number of carbonyl (C=O) groups excluding carboxylic acids is 1. The van der Waals surface area contributed by atoms with Gasteiger partial charge in [-0.1, -0.05) is 17.8 Å². The van der Waals surface area contributed by atoms with Crippen molar-refractivity contribution in [2.24, 2.45) is 0 Å². The Morgan fingerprint density at radius 3 is 2.33 bits per heavy atom. The highest BCUT2D eigenvalue weighted by atomic mass is 32.2. The van der Waals surface area contributed by atoms with Crippen LogP contribution in [-0.4, -0.2) is 52.0 Å². The third-order valence-corrected chi connectivity index (χ3v) is 3.52. The van der Waals surface area contributed by atoms with Crippen molar-refractivity contribution in [1.82, 2.24) is 0 Å². The summed E-state index contributed by atoms with van der Waals surface area (Å²) < 4.78 is 32.7. The molecule has 0 heterocycles. The molecule has 0 aromatic heterocycles. The predicted octanol–water partition coefficient (Wildman–Crippen LogP) is 0.853. The summed E-state index contributed by atoms with van der Waals surface area (Å²) in [5.74, 6) is -0.522. The second-order valence-corrected chi connectivity index (χ2v) is 6.22. The van der Waals surface area contributed by atoms with Gasteiger partial charge < -0.3 is 4.74 Å². The molecule has 0 amide bonds. The minimum atomic E-state index is -3.54. The average Bonchev–Trinajstić information content (AvgIpc) is 2.14. The fourth-order valence-electron chi connectivity index (χ4n) is 1.11. The maximum Gasteiger partial charge on any atom is 0.333 e. The maximum atomic E-state index is 11.5. The van der Waals surface area contributed by atoms with E-state index in [0.29, 0.717) is 12.0 Å². The van der Waals surface area contributed by atoms with Crippen LogP contribution < -0.4 is 0 Å². The number of carbonyl (C=O) groups is 1. The van der Waals surface area contributed by atoms with E-state index in [1.54, 1.807) is 27.9 Å². The lowest BCUT2D eigenvalue weighted by molar-refractivity contribution is -1.05. The first kappa shape index (κ1) is 17.1. The van der Waals surface area contributed by atoms with Crippen LogP contribution in [-0.2, 0) is 23.9 Å². The first-order valence-electron chi connectivity index (χ1n) is 5.69. The van der Waals surface area contributed by atoms with Crippen molar-refractivity contribution in [2.75, 3.05) is 33.0 Å². The van der Waals surface area contributed by atoms with Crippen LogP contribution in [0.5, 0.6) is 0 Å². The molecule has 0 fully saturated rings. The maximum absolute atomic E-state index is 11.5. The zero-order chi connectivity index (χ0) is 14.4. The van der Waals surface area contributed by atoms with E-state index in [1.165, 1.54) is 0 Å². The van der Waals surface area contributed by atoms with Gasteiger partial charge in [-0.05, 0) is 13.3 Å². The molecule has 0 aliphatic heterocycles. The molecule has 6 nitrogen and oxygen atoms in total. The molecule has 0 bridgehead atoms. The first-order chi connectivity index (χ1) is 8.09. The van der Waals surface area contributed by atoms with E-state index in [-0.39, 0.29) is 23.6 Å². The fraction of sp³-hybridized carbons (Fsp3) is 0.727. The molecular formula is C11H22NO5S+. The van der Waals surface area contributed by atoms with E-state index >= 15 is 0 Å². The third-order valence-electron chi connectivity index (χ3n) is 1.98. The van der Waals surface area contributed by atoms with E-state index in [9.17, 15) is 13.2 Å². The summed E-state index contributed by atoms with van der Waals surface area (Å²) in [6.45, 7) is 7.06. The van der Waals surface area contributed by atoms with Crippen molar-refractivity contribution in [3.8, 4) is 0 Å². The number of hydrogen-bond acceptors (Lipinski definition) is 5. The lowest BCUT2D eigenvalue weighted by atomic mass is 10.4.